The average molecular weight is 399 g/mol. The number of rotatable bonds is 10. The Morgan fingerprint density at radius 3 is 2.62 bits per heavy atom. The van der Waals surface area contributed by atoms with Crippen molar-refractivity contribution >= 4 is 32.4 Å². The van der Waals surface area contributed by atoms with E-state index in [0.717, 1.165) is 24.3 Å². The monoisotopic (exact) mass is 398 g/mol. The summed E-state index contributed by atoms with van der Waals surface area (Å²) in [5, 5.41) is 11.9. The minimum absolute atomic E-state index is 0.000736. The van der Waals surface area contributed by atoms with E-state index in [1.165, 1.54) is 30.6 Å². The van der Waals surface area contributed by atoms with Gasteiger partial charge in [0.15, 0.2) is 0 Å². The Morgan fingerprint density at radius 2 is 1.96 bits per heavy atom. The summed E-state index contributed by atoms with van der Waals surface area (Å²) in [7, 11) is -2.17. The Hall–Kier alpha value is -2.04. The van der Waals surface area contributed by atoms with Gasteiger partial charge in [-0.25, -0.2) is 13.1 Å². The Balaban J connectivity index is 1.80. The van der Waals surface area contributed by atoms with Gasteiger partial charge in [-0.05, 0) is 30.7 Å². The number of nitrogens with one attached hydrogen (secondary N) is 2. The summed E-state index contributed by atoms with van der Waals surface area (Å²) in [5.41, 5.74) is 0. The van der Waals surface area contributed by atoms with Gasteiger partial charge >= 0.3 is 0 Å². The summed E-state index contributed by atoms with van der Waals surface area (Å²) in [6.07, 6.45) is 2.93. The number of ether oxygens (including phenoxy) is 1. The van der Waals surface area contributed by atoms with E-state index in [2.05, 4.69) is 27.2 Å². The second kappa shape index (κ2) is 9.60. The van der Waals surface area contributed by atoms with Crippen LogP contribution in [0.3, 0.4) is 0 Å². The molecule has 1 aromatic carbocycles. The van der Waals surface area contributed by atoms with E-state index in [-0.39, 0.29) is 23.8 Å². The Labute approximate surface area is 157 Å². The van der Waals surface area contributed by atoms with Crippen LogP contribution < -0.4 is 14.8 Å². The third-order valence-corrected chi connectivity index (χ3v) is 5.85. The van der Waals surface area contributed by atoms with Crippen molar-refractivity contribution in [3.63, 3.8) is 0 Å². The molecule has 10 heteroatoms. The Kier molecular flexibility index (Phi) is 7.49. The summed E-state index contributed by atoms with van der Waals surface area (Å²) < 4.78 is 31.7. The van der Waals surface area contributed by atoms with Crippen molar-refractivity contribution in [2.75, 3.05) is 19.0 Å². The van der Waals surface area contributed by atoms with Crippen molar-refractivity contribution in [2.45, 2.75) is 37.5 Å². The van der Waals surface area contributed by atoms with Crippen LogP contribution in [0.4, 0.5) is 5.13 Å². The number of hydrogen-bond donors (Lipinski definition) is 2. The molecule has 1 amide bonds. The van der Waals surface area contributed by atoms with E-state index in [1.807, 2.05) is 0 Å². The second-order valence-corrected chi connectivity index (χ2v) is 8.31. The molecule has 2 aromatic rings. The van der Waals surface area contributed by atoms with Gasteiger partial charge in [0.1, 0.15) is 10.8 Å². The van der Waals surface area contributed by atoms with E-state index in [9.17, 15) is 13.2 Å². The van der Waals surface area contributed by atoms with E-state index in [4.69, 9.17) is 4.74 Å². The molecule has 0 saturated heterocycles. The van der Waals surface area contributed by atoms with E-state index in [1.54, 1.807) is 12.1 Å². The smallest absolute Gasteiger partial charge is 0.240 e. The van der Waals surface area contributed by atoms with Crippen molar-refractivity contribution in [1.29, 1.82) is 0 Å². The number of aromatic nitrogens is 2. The number of amides is 1. The number of carbonyl (C=O) groups excluding carboxylic acids is 1. The van der Waals surface area contributed by atoms with Gasteiger partial charge in [0.05, 0.1) is 12.0 Å². The minimum Gasteiger partial charge on any atom is -0.497 e. The molecule has 0 saturated carbocycles. The van der Waals surface area contributed by atoms with Crippen LogP contribution in [0, 0.1) is 0 Å². The molecule has 0 atom stereocenters. The summed E-state index contributed by atoms with van der Waals surface area (Å²) in [6.45, 7) is 2.08. The third kappa shape index (κ3) is 6.04. The number of benzene rings is 1. The first-order valence-corrected chi connectivity index (χ1v) is 10.5. The lowest BCUT2D eigenvalue weighted by atomic mass is 10.3. The fourth-order valence-electron chi connectivity index (χ4n) is 2.05. The topological polar surface area (TPSA) is 110 Å². The van der Waals surface area contributed by atoms with Crippen LogP contribution in [-0.4, -0.2) is 38.2 Å². The SMILES string of the molecule is CCCCc1nnc(NC(=O)CCNS(=O)(=O)c2ccc(OC)cc2)s1. The highest BCUT2D eigenvalue weighted by Crippen LogP contribution is 2.17. The van der Waals surface area contributed by atoms with Crippen LogP contribution >= 0.6 is 11.3 Å². The minimum atomic E-state index is -3.67. The van der Waals surface area contributed by atoms with Gasteiger partial charge in [0.2, 0.25) is 21.1 Å². The van der Waals surface area contributed by atoms with Crippen molar-refractivity contribution in [3.8, 4) is 5.75 Å². The van der Waals surface area contributed by atoms with Crippen LogP contribution in [0.5, 0.6) is 5.75 Å². The van der Waals surface area contributed by atoms with E-state index in [0.29, 0.717) is 10.9 Å². The highest BCUT2D eigenvalue weighted by atomic mass is 32.2. The number of anilines is 1. The lowest BCUT2D eigenvalue weighted by molar-refractivity contribution is -0.116. The molecule has 142 valence electrons. The van der Waals surface area contributed by atoms with Gasteiger partial charge < -0.3 is 10.1 Å². The van der Waals surface area contributed by atoms with Crippen LogP contribution in [0.1, 0.15) is 31.2 Å². The molecule has 26 heavy (non-hydrogen) atoms. The van der Waals surface area contributed by atoms with Crippen LogP contribution in [-0.2, 0) is 21.2 Å². The number of nitrogens with zero attached hydrogens (tertiary/aromatic N) is 2. The van der Waals surface area contributed by atoms with Crippen LogP contribution in [0.2, 0.25) is 0 Å². The van der Waals surface area contributed by atoms with Gasteiger partial charge in [-0.2, -0.15) is 0 Å². The summed E-state index contributed by atoms with van der Waals surface area (Å²) in [4.78, 5) is 12.0. The fraction of sp³-hybridized carbons (Fsp3) is 0.438. The average Bonchev–Trinajstić information content (AvgIpc) is 3.07. The molecule has 0 aliphatic carbocycles. The predicted octanol–water partition coefficient (Wildman–Crippen LogP) is 2.20. The first-order chi connectivity index (χ1) is 12.4. The molecule has 0 unspecified atom stereocenters. The van der Waals surface area contributed by atoms with Crippen LogP contribution in [0.25, 0.3) is 0 Å². The maximum Gasteiger partial charge on any atom is 0.240 e. The Morgan fingerprint density at radius 1 is 1.23 bits per heavy atom. The summed E-state index contributed by atoms with van der Waals surface area (Å²) in [6, 6.07) is 6.01. The molecule has 8 nitrogen and oxygen atoms in total. The molecule has 0 radical (unpaired) electrons. The number of hydrogen-bond acceptors (Lipinski definition) is 7. The maximum absolute atomic E-state index is 12.2. The predicted molar refractivity (Wildman–Crippen MR) is 100.0 cm³/mol. The number of methoxy groups -OCH3 is 1. The van der Waals surface area contributed by atoms with Gasteiger partial charge in [-0.1, -0.05) is 24.7 Å². The molecular weight excluding hydrogens is 376 g/mol. The lowest BCUT2D eigenvalue weighted by Gasteiger charge is -2.07. The molecule has 0 bridgehead atoms. The zero-order valence-electron chi connectivity index (χ0n) is 14.7. The fourth-order valence-corrected chi connectivity index (χ4v) is 3.88. The molecule has 0 fully saturated rings. The zero-order chi connectivity index (χ0) is 19.0. The molecule has 2 N–H and O–H groups in total. The highest BCUT2D eigenvalue weighted by molar-refractivity contribution is 7.89. The molecule has 1 heterocycles. The third-order valence-electron chi connectivity index (χ3n) is 3.47. The Bertz CT molecular complexity index is 819. The maximum atomic E-state index is 12.2. The van der Waals surface area contributed by atoms with Crippen molar-refractivity contribution < 1.29 is 17.9 Å². The van der Waals surface area contributed by atoms with Crippen molar-refractivity contribution in [3.05, 3.63) is 29.3 Å². The number of carbonyl (C=O) groups is 1. The lowest BCUT2D eigenvalue weighted by Crippen LogP contribution is -2.27. The first kappa shape index (κ1) is 20.3. The molecular formula is C16H22N4O4S2. The normalized spacial score (nSPS) is 11.3. The van der Waals surface area contributed by atoms with Gasteiger partial charge in [0.25, 0.3) is 0 Å². The van der Waals surface area contributed by atoms with E-state index < -0.39 is 10.0 Å². The number of aryl methyl sites for hydroxylation is 1. The molecule has 0 aliphatic heterocycles. The molecule has 0 spiro atoms. The number of unbranched alkanes of at least 4 members (excludes halogenated alkanes) is 1. The van der Waals surface area contributed by atoms with Crippen molar-refractivity contribution in [1.82, 2.24) is 14.9 Å². The second-order valence-electron chi connectivity index (χ2n) is 5.48. The standard InChI is InChI=1S/C16H22N4O4S2/c1-3-4-5-15-19-20-16(25-15)18-14(21)10-11-17-26(22,23)13-8-6-12(24-2)7-9-13/h6-9,17H,3-5,10-11H2,1-2H3,(H,18,20,21). The molecule has 2 rings (SSSR count). The summed E-state index contributed by atoms with van der Waals surface area (Å²) in [5.74, 6) is 0.249. The molecule has 1 aromatic heterocycles. The molecule has 0 aliphatic rings. The summed E-state index contributed by atoms with van der Waals surface area (Å²) >= 11 is 1.34. The quantitative estimate of drug-likeness (QED) is 0.635. The largest absolute Gasteiger partial charge is 0.497 e. The highest BCUT2D eigenvalue weighted by Gasteiger charge is 2.15. The number of sulfonamides is 1. The zero-order valence-corrected chi connectivity index (χ0v) is 16.3. The van der Waals surface area contributed by atoms with E-state index >= 15 is 0 Å². The van der Waals surface area contributed by atoms with Crippen LogP contribution in [0.15, 0.2) is 29.2 Å². The van der Waals surface area contributed by atoms with Gasteiger partial charge in [-0.3, -0.25) is 4.79 Å². The van der Waals surface area contributed by atoms with Crippen molar-refractivity contribution in [2.24, 2.45) is 0 Å². The van der Waals surface area contributed by atoms with Gasteiger partial charge in [-0.15, -0.1) is 10.2 Å². The van der Waals surface area contributed by atoms with Gasteiger partial charge in [0, 0.05) is 19.4 Å². The first-order valence-electron chi connectivity index (χ1n) is 8.20.